The number of nitrogens with zero attached hydrogens (tertiary/aromatic N) is 1. The van der Waals surface area contributed by atoms with Crippen LogP contribution in [0, 0.1) is 13.8 Å². The molecule has 0 fully saturated rings. The van der Waals surface area contributed by atoms with Gasteiger partial charge in [-0.1, -0.05) is 31.5 Å². The second-order valence-electron chi connectivity index (χ2n) is 10.6. The lowest BCUT2D eigenvalue weighted by molar-refractivity contribution is -0.148. The molecule has 0 heterocycles. The molecule has 8 heteroatoms. The highest BCUT2D eigenvalue weighted by Gasteiger charge is 2.42. The van der Waals surface area contributed by atoms with E-state index in [1.54, 1.807) is 25.7 Å². The number of unbranched alkanes of at least 4 members (excludes halogenated alkanes) is 1. The first kappa shape index (κ1) is 29.8. The van der Waals surface area contributed by atoms with Gasteiger partial charge in [-0.3, -0.25) is 9.59 Å². The normalized spacial score (nSPS) is 13.6. The third kappa shape index (κ3) is 8.53. The highest BCUT2D eigenvalue weighted by molar-refractivity contribution is 7.80. The first-order valence-electron chi connectivity index (χ1n) is 11.9. The van der Waals surface area contributed by atoms with E-state index in [9.17, 15) is 14.4 Å². The molecule has 0 spiro atoms. The number of amides is 3. The van der Waals surface area contributed by atoms with E-state index in [-0.39, 0.29) is 11.7 Å². The Balaban J connectivity index is 3.50. The zero-order valence-electron chi connectivity index (χ0n) is 22.2. The minimum absolute atomic E-state index is 0.0572. The number of benzene rings is 1. The molecule has 192 valence electrons. The van der Waals surface area contributed by atoms with E-state index >= 15 is 0 Å². The highest BCUT2D eigenvalue weighted by atomic mass is 32.1. The molecule has 7 nitrogen and oxygen atoms in total. The van der Waals surface area contributed by atoms with Gasteiger partial charge in [0, 0.05) is 17.8 Å². The number of ether oxygens (including phenoxy) is 1. The highest BCUT2D eigenvalue weighted by Crippen LogP contribution is 2.32. The summed E-state index contributed by atoms with van der Waals surface area (Å²) in [5.41, 5.74) is 1.30. The molecule has 2 N–H and O–H groups in total. The first-order chi connectivity index (χ1) is 15.6. The number of aryl methyl sites for hydroxylation is 1. The van der Waals surface area contributed by atoms with Gasteiger partial charge < -0.3 is 20.3 Å². The van der Waals surface area contributed by atoms with Crippen LogP contribution in [0.15, 0.2) is 18.2 Å². The molecule has 0 saturated heterocycles. The Kier molecular flexibility index (Phi) is 10.9. The monoisotopic (exact) mass is 493 g/mol. The van der Waals surface area contributed by atoms with Crippen molar-refractivity contribution in [1.29, 1.82) is 0 Å². The first-order valence-corrected chi connectivity index (χ1v) is 12.5. The van der Waals surface area contributed by atoms with E-state index in [4.69, 9.17) is 4.74 Å². The lowest BCUT2D eigenvalue weighted by Gasteiger charge is -2.43. The van der Waals surface area contributed by atoms with Gasteiger partial charge in [0.25, 0.3) is 0 Å². The van der Waals surface area contributed by atoms with E-state index < -0.39 is 35.2 Å². The van der Waals surface area contributed by atoms with Crippen LogP contribution in [0.25, 0.3) is 0 Å². The molecule has 2 atom stereocenters. The second kappa shape index (κ2) is 12.5. The fraction of sp³-hybridized carbons (Fsp3) is 0.654. The molecule has 1 aromatic rings. The Labute approximate surface area is 210 Å². The summed E-state index contributed by atoms with van der Waals surface area (Å²) in [5, 5.41) is 5.64. The van der Waals surface area contributed by atoms with Gasteiger partial charge in [0.1, 0.15) is 17.7 Å². The minimum Gasteiger partial charge on any atom is -0.444 e. The third-order valence-electron chi connectivity index (χ3n) is 5.41. The van der Waals surface area contributed by atoms with Crippen LogP contribution < -0.4 is 10.6 Å². The van der Waals surface area contributed by atoms with Crippen molar-refractivity contribution in [1.82, 2.24) is 15.5 Å². The zero-order valence-corrected chi connectivity index (χ0v) is 23.1. The van der Waals surface area contributed by atoms with Crippen molar-refractivity contribution >= 4 is 30.5 Å². The van der Waals surface area contributed by atoms with Crippen molar-refractivity contribution in [2.45, 2.75) is 98.4 Å². The summed E-state index contributed by atoms with van der Waals surface area (Å²) in [6.07, 6.45) is 1.08. The van der Waals surface area contributed by atoms with Crippen LogP contribution in [0.5, 0.6) is 0 Å². The second-order valence-corrected chi connectivity index (χ2v) is 11.0. The maximum absolute atomic E-state index is 13.9. The molecule has 0 saturated carbocycles. The molecule has 0 aliphatic rings. The standard InChI is InChI=1S/C26H43N3O4S/c1-10-11-15-27-22(30)21(19-14-12-13-17(2)18(19)3)29(25(4,5)6)23(31)20(16-34)28-24(32)33-26(7,8)9/h12-14,20-21,34H,10-11,15-16H2,1-9H3,(H,27,30)(H,28,32). The van der Waals surface area contributed by atoms with Crippen molar-refractivity contribution in [3.8, 4) is 0 Å². The van der Waals surface area contributed by atoms with E-state index in [0.717, 1.165) is 29.5 Å². The fourth-order valence-electron chi connectivity index (χ4n) is 3.60. The van der Waals surface area contributed by atoms with Gasteiger partial charge in [-0.05, 0) is 78.5 Å². The topological polar surface area (TPSA) is 87.7 Å². The SMILES string of the molecule is CCCCNC(=O)C(c1cccc(C)c1C)N(C(=O)C(CS)NC(=O)OC(C)(C)C)C(C)(C)C. The van der Waals surface area contributed by atoms with E-state index in [2.05, 4.69) is 30.2 Å². The Morgan fingerprint density at radius 2 is 1.71 bits per heavy atom. The molecule has 1 aromatic carbocycles. The zero-order chi connectivity index (χ0) is 26.3. The van der Waals surface area contributed by atoms with Crippen LogP contribution in [0.2, 0.25) is 0 Å². The summed E-state index contributed by atoms with van der Waals surface area (Å²) >= 11 is 4.33. The molecule has 0 bridgehead atoms. The van der Waals surface area contributed by atoms with Crippen molar-refractivity contribution in [3.63, 3.8) is 0 Å². The van der Waals surface area contributed by atoms with Crippen LogP contribution in [-0.2, 0) is 14.3 Å². The largest absolute Gasteiger partial charge is 0.444 e. The van der Waals surface area contributed by atoms with Crippen LogP contribution in [0.3, 0.4) is 0 Å². The molecule has 2 unspecified atom stereocenters. The average molecular weight is 494 g/mol. The van der Waals surface area contributed by atoms with Crippen molar-refractivity contribution in [2.75, 3.05) is 12.3 Å². The third-order valence-corrected chi connectivity index (χ3v) is 5.77. The molecule has 0 aliphatic heterocycles. The summed E-state index contributed by atoms with van der Waals surface area (Å²) in [6.45, 7) is 17.4. The summed E-state index contributed by atoms with van der Waals surface area (Å²) < 4.78 is 5.34. The molecule has 0 aromatic heterocycles. The Hall–Kier alpha value is -2.22. The van der Waals surface area contributed by atoms with Gasteiger partial charge in [-0.25, -0.2) is 4.79 Å². The molecular formula is C26H43N3O4S. The van der Waals surface area contributed by atoms with E-state index in [0.29, 0.717) is 6.54 Å². The van der Waals surface area contributed by atoms with Crippen LogP contribution in [0.1, 0.15) is 84.0 Å². The van der Waals surface area contributed by atoms with Gasteiger partial charge in [-0.2, -0.15) is 12.6 Å². The van der Waals surface area contributed by atoms with Crippen molar-refractivity contribution in [2.24, 2.45) is 0 Å². The maximum atomic E-state index is 13.9. The van der Waals surface area contributed by atoms with E-state index in [1.165, 1.54) is 0 Å². The summed E-state index contributed by atoms with van der Waals surface area (Å²) in [5.74, 6) is -0.590. The van der Waals surface area contributed by atoms with E-state index in [1.807, 2.05) is 52.8 Å². The van der Waals surface area contributed by atoms with Gasteiger partial charge in [0.05, 0.1) is 0 Å². The number of hydrogen-bond donors (Lipinski definition) is 3. The Morgan fingerprint density at radius 3 is 2.21 bits per heavy atom. The Bertz CT molecular complexity index is 859. The number of alkyl carbamates (subject to hydrolysis) is 1. The number of thiol groups is 1. The van der Waals surface area contributed by atoms with Gasteiger partial charge in [-0.15, -0.1) is 0 Å². The number of nitrogens with one attached hydrogen (secondary N) is 2. The van der Waals surface area contributed by atoms with Crippen molar-refractivity contribution < 1.29 is 19.1 Å². The van der Waals surface area contributed by atoms with Gasteiger partial charge in [0.15, 0.2) is 0 Å². The lowest BCUT2D eigenvalue weighted by Crippen LogP contribution is -2.59. The Morgan fingerprint density at radius 1 is 1.09 bits per heavy atom. The quantitative estimate of drug-likeness (QED) is 0.343. The van der Waals surface area contributed by atoms with Crippen LogP contribution in [0.4, 0.5) is 4.79 Å². The number of rotatable bonds is 9. The molecule has 3 amide bonds. The van der Waals surface area contributed by atoms with Gasteiger partial charge >= 0.3 is 6.09 Å². The molecule has 34 heavy (non-hydrogen) atoms. The van der Waals surface area contributed by atoms with Crippen molar-refractivity contribution in [3.05, 3.63) is 34.9 Å². The molecule has 0 radical (unpaired) electrons. The minimum atomic E-state index is -0.964. The summed E-state index contributed by atoms with van der Waals surface area (Å²) in [7, 11) is 0. The molecular weight excluding hydrogens is 450 g/mol. The fourth-order valence-corrected chi connectivity index (χ4v) is 3.85. The van der Waals surface area contributed by atoms with Crippen LogP contribution >= 0.6 is 12.6 Å². The summed E-state index contributed by atoms with van der Waals surface area (Å²) in [4.78, 5) is 41.5. The number of carbonyl (C=O) groups is 3. The predicted octanol–water partition coefficient (Wildman–Crippen LogP) is 4.71. The average Bonchev–Trinajstić information content (AvgIpc) is 2.70. The predicted molar refractivity (Wildman–Crippen MR) is 140 cm³/mol. The number of hydrogen-bond acceptors (Lipinski definition) is 5. The molecule has 1 rings (SSSR count). The lowest BCUT2D eigenvalue weighted by atomic mass is 9.91. The van der Waals surface area contributed by atoms with Gasteiger partial charge in [0.2, 0.25) is 11.8 Å². The maximum Gasteiger partial charge on any atom is 0.408 e. The van der Waals surface area contributed by atoms with Crippen LogP contribution in [-0.4, -0.2) is 52.3 Å². The molecule has 0 aliphatic carbocycles. The smallest absolute Gasteiger partial charge is 0.408 e. The number of carbonyl (C=O) groups excluding carboxylic acids is 3. The summed E-state index contributed by atoms with van der Waals surface area (Å²) in [6, 6.07) is 3.93.